The van der Waals surface area contributed by atoms with Gasteiger partial charge < -0.3 is 14.6 Å². The first kappa shape index (κ1) is 16.0. The number of nitrogens with one attached hydrogen (secondary N) is 1. The summed E-state index contributed by atoms with van der Waals surface area (Å²) in [6, 6.07) is 1.67. The third-order valence-corrected chi connectivity index (χ3v) is 4.54. The molecule has 2 heterocycles. The van der Waals surface area contributed by atoms with Crippen molar-refractivity contribution >= 4 is 17.7 Å². The van der Waals surface area contributed by atoms with Gasteiger partial charge >= 0.3 is 0 Å². The molecular formula is C14H21N3O3S. The molecular weight excluding hydrogens is 290 g/mol. The molecule has 0 aliphatic carbocycles. The van der Waals surface area contributed by atoms with Crippen LogP contribution in [0.3, 0.4) is 0 Å². The number of nitrogens with zero attached hydrogens (tertiary/aromatic N) is 2. The summed E-state index contributed by atoms with van der Waals surface area (Å²) < 4.78 is 5.32. The SMILES string of the molecule is Cc1cc(=O)[nH]c(SC(C)C(=O)N(C)C2CCOCC2)n1. The molecule has 1 saturated heterocycles. The zero-order chi connectivity index (χ0) is 15.4. The lowest BCUT2D eigenvalue weighted by atomic mass is 10.1. The van der Waals surface area contributed by atoms with Crippen molar-refractivity contribution in [1.82, 2.24) is 14.9 Å². The number of carbonyl (C=O) groups is 1. The molecule has 6 nitrogen and oxygen atoms in total. The summed E-state index contributed by atoms with van der Waals surface area (Å²) in [6.07, 6.45) is 1.75. The Hall–Kier alpha value is -1.34. The summed E-state index contributed by atoms with van der Waals surface area (Å²) in [5.74, 6) is 0.0519. The molecule has 1 aromatic rings. The van der Waals surface area contributed by atoms with Crippen molar-refractivity contribution in [2.75, 3.05) is 20.3 Å². The number of thioether (sulfide) groups is 1. The van der Waals surface area contributed by atoms with Crippen molar-refractivity contribution in [3.63, 3.8) is 0 Å². The van der Waals surface area contributed by atoms with Crippen molar-refractivity contribution in [2.24, 2.45) is 0 Å². The summed E-state index contributed by atoms with van der Waals surface area (Å²) in [4.78, 5) is 32.6. The molecule has 1 N–H and O–H groups in total. The summed E-state index contributed by atoms with van der Waals surface area (Å²) in [6.45, 7) is 5.01. The highest BCUT2D eigenvalue weighted by molar-refractivity contribution is 8.00. The lowest BCUT2D eigenvalue weighted by Gasteiger charge is -2.32. The maximum Gasteiger partial charge on any atom is 0.251 e. The number of hydrogen-bond acceptors (Lipinski definition) is 5. The fourth-order valence-corrected chi connectivity index (χ4v) is 3.32. The predicted octanol–water partition coefficient (Wildman–Crippen LogP) is 1.20. The Kier molecular flexibility index (Phi) is 5.41. The Morgan fingerprint density at radius 1 is 1.52 bits per heavy atom. The maximum absolute atomic E-state index is 12.5. The summed E-state index contributed by atoms with van der Waals surface area (Å²) >= 11 is 1.28. The van der Waals surface area contributed by atoms with Crippen LogP contribution in [0.2, 0.25) is 0 Å². The third-order valence-electron chi connectivity index (χ3n) is 3.57. The number of aromatic amines is 1. The van der Waals surface area contributed by atoms with Gasteiger partial charge in [-0.3, -0.25) is 9.59 Å². The van der Waals surface area contributed by atoms with Crippen molar-refractivity contribution in [3.05, 3.63) is 22.1 Å². The first-order valence-electron chi connectivity index (χ1n) is 7.06. The summed E-state index contributed by atoms with van der Waals surface area (Å²) in [7, 11) is 1.84. The average molecular weight is 311 g/mol. The highest BCUT2D eigenvalue weighted by Crippen LogP contribution is 2.22. The van der Waals surface area contributed by atoms with Gasteiger partial charge in [0.25, 0.3) is 5.56 Å². The fourth-order valence-electron chi connectivity index (χ4n) is 2.36. The fraction of sp³-hybridized carbons (Fsp3) is 0.643. The molecule has 0 saturated carbocycles. The Labute approximate surface area is 128 Å². The molecule has 1 atom stereocenters. The summed E-state index contributed by atoms with van der Waals surface area (Å²) in [5.41, 5.74) is 0.459. The smallest absolute Gasteiger partial charge is 0.251 e. The van der Waals surface area contributed by atoms with Gasteiger partial charge in [0, 0.05) is 38.1 Å². The third kappa shape index (κ3) is 4.31. The number of H-pyrrole nitrogens is 1. The van der Waals surface area contributed by atoms with Crippen LogP contribution >= 0.6 is 11.8 Å². The minimum absolute atomic E-state index is 0.0519. The molecule has 1 aliphatic rings. The Bertz CT molecular complexity index is 555. The second kappa shape index (κ2) is 7.09. The topological polar surface area (TPSA) is 75.3 Å². The van der Waals surface area contributed by atoms with Crippen LogP contribution in [0.25, 0.3) is 0 Å². The normalized spacial score (nSPS) is 17.5. The van der Waals surface area contributed by atoms with Crippen LogP contribution < -0.4 is 5.56 Å². The molecule has 0 spiro atoms. The van der Waals surface area contributed by atoms with E-state index in [1.165, 1.54) is 17.8 Å². The number of ether oxygens (including phenoxy) is 1. The number of aryl methyl sites for hydroxylation is 1. The van der Waals surface area contributed by atoms with Gasteiger partial charge in [-0.25, -0.2) is 4.98 Å². The molecule has 1 amide bonds. The maximum atomic E-state index is 12.5. The van der Waals surface area contributed by atoms with E-state index in [-0.39, 0.29) is 22.8 Å². The first-order valence-corrected chi connectivity index (χ1v) is 7.94. The molecule has 0 radical (unpaired) electrons. The van der Waals surface area contributed by atoms with Crippen LogP contribution in [-0.2, 0) is 9.53 Å². The van der Waals surface area contributed by atoms with E-state index in [0.29, 0.717) is 24.1 Å². The van der Waals surface area contributed by atoms with Gasteiger partial charge in [0.1, 0.15) is 0 Å². The van der Waals surface area contributed by atoms with Gasteiger partial charge in [-0.2, -0.15) is 0 Å². The molecule has 116 valence electrons. The van der Waals surface area contributed by atoms with Crippen LogP contribution in [-0.4, -0.2) is 52.3 Å². The minimum atomic E-state index is -0.289. The zero-order valence-electron chi connectivity index (χ0n) is 12.6. The quantitative estimate of drug-likeness (QED) is 0.668. The molecule has 0 bridgehead atoms. The monoisotopic (exact) mass is 311 g/mol. The zero-order valence-corrected chi connectivity index (χ0v) is 13.4. The number of rotatable bonds is 4. The van der Waals surface area contributed by atoms with E-state index < -0.39 is 0 Å². The molecule has 1 unspecified atom stereocenters. The average Bonchev–Trinajstić information content (AvgIpc) is 2.45. The molecule has 1 aliphatic heterocycles. The van der Waals surface area contributed by atoms with E-state index in [1.807, 2.05) is 14.0 Å². The minimum Gasteiger partial charge on any atom is -0.381 e. The van der Waals surface area contributed by atoms with Crippen LogP contribution in [0.4, 0.5) is 0 Å². The van der Waals surface area contributed by atoms with E-state index >= 15 is 0 Å². The van der Waals surface area contributed by atoms with Crippen molar-refractivity contribution in [1.29, 1.82) is 0 Å². The number of amides is 1. The molecule has 7 heteroatoms. The largest absolute Gasteiger partial charge is 0.381 e. The van der Waals surface area contributed by atoms with Crippen LogP contribution in [0.1, 0.15) is 25.5 Å². The Morgan fingerprint density at radius 2 is 2.19 bits per heavy atom. The van der Waals surface area contributed by atoms with E-state index in [1.54, 1.807) is 11.8 Å². The van der Waals surface area contributed by atoms with Gasteiger partial charge in [-0.1, -0.05) is 11.8 Å². The van der Waals surface area contributed by atoms with Gasteiger partial charge in [-0.05, 0) is 26.7 Å². The van der Waals surface area contributed by atoms with Crippen LogP contribution in [0.5, 0.6) is 0 Å². The van der Waals surface area contributed by atoms with Crippen molar-refractivity contribution in [2.45, 2.75) is 43.1 Å². The number of carbonyl (C=O) groups excluding carboxylic acids is 1. The number of hydrogen-bond donors (Lipinski definition) is 1. The molecule has 1 fully saturated rings. The lowest BCUT2D eigenvalue weighted by Crippen LogP contribution is -2.43. The lowest BCUT2D eigenvalue weighted by molar-refractivity contribution is -0.132. The van der Waals surface area contributed by atoms with E-state index in [4.69, 9.17) is 4.74 Å². The van der Waals surface area contributed by atoms with Gasteiger partial charge in [0.2, 0.25) is 5.91 Å². The molecule has 0 aromatic carbocycles. The van der Waals surface area contributed by atoms with Gasteiger partial charge in [-0.15, -0.1) is 0 Å². The van der Waals surface area contributed by atoms with Gasteiger partial charge in [0.15, 0.2) is 5.16 Å². The second-order valence-corrected chi connectivity index (χ2v) is 6.57. The van der Waals surface area contributed by atoms with Crippen LogP contribution in [0.15, 0.2) is 16.0 Å². The molecule has 1 aromatic heterocycles. The Morgan fingerprint density at radius 3 is 2.81 bits per heavy atom. The highest BCUT2D eigenvalue weighted by atomic mass is 32.2. The standard InChI is InChI=1S/C14H21N3O3S/c1-9-8-12(18)16-14(15-9)21-10(2)13(19)17(3)11-4-6-20-7-5-11/h8,10-11H,4-7H2,1-3H3,(H,15,16,18). The van der Waals surface area contributed by atoms with E-state index in [2.05, 4.69) is 9.97 Å². The van der Waals surface area contributed by atoms with Crippen molar-refractivity contribution < 1.29 is 9.53 Å². The molecule has 21 heavy (non-hydrogen) atoms. The Balaban J connectivity index is 1.99. The van der Waals surface area contributed by atoms with Crippen LogP contribution in [0, 0.1) is 6.92 Å². The van der Waals surface area contributed by atoms with E-state index in [9.17, 15) is 9.59 Å². The van der Waals surface area contributed by atoms with E-state index in [0.717, 1.165) is 12.8 Å². The second-order valence-electron chi connectivity index (χ2n) is 5.24. The van der Waals surface area contributed by atoms with Crippen molar-refractivity contribution in [3.8, 4) is 0 Å². The highest BCUT2D eigenvalue weighted by Gasteiger charge is 2.26. The number of aromatic nitrogens is 2. The summed E-state index contributed by atoms with van der Waals surface area (Å²) in [5, 5.41) is 0.198. The molecule has 2 rings (SSSR count). The first-order chi connectivity index (χ1) is 9.97. The van der Waals surface area contributed by atoms with Gasteiger partial charge in [0.05, 0.1) is 5.25 Å². The predicted molar refractivity (Wildman–Crippen MR) is 81.5 cm³/mol.